The predicted molar refractivity (Wildman–Crippen MR) is 74.6 cm³/mol. The molecule has 0 aliphatic heterocycles. The molecule has 0 aliphatic rings. The molecule has 0 saturated heterocycles. The number of nitrogens with zero attached hydrogens (tertiary/aromatic N) is 4. The smallest absolute Gasteiger partial charge is 0.311 e. The first-order valence-electron chi connectivity index (χ1n) is 5.84. The second-order valence-corrected chi connectivity index (χ2v) is 4.57. The average Bonchev–Trinajstić information content (AvgIpc) is 2.86. The van der Waals surface area contributed by atoms with E-state index < -0.39 is 4.92 Å². The van der Waals surface area contributed by atoms with Crippen LogP contribution in [0.25, 0.3) is 11.2 Å². The Morgan fingerprint density at radius 1 is 1.38 bits per heavy atom. The maximum Gasteiger partial charge on any atom is 0.311 e. The van der Waals surface area contributed by atoms with Crippen molar-refractivity contribution in [2.75, 3.05) is 0 Å². The number of hydrogen-bond acceptors (Lipinski definition) is 6. The molecule has 1 aromatic carbocycles. The van der Waals surface area contributed by atoms with E-state index in [4.69, 9.17) is 16.3 Å². The Labute approximate surface area is 122 Å². The minimum absolute atomic E-state index is 0.0556. The number of ether oxygens (including phenoxy) is 1. The Morgan fingerprint density at radius 3 is 2.95 bits per heavy atom. The number of hydrogen-bond donors (Lipinski definition) is 1. The lowest BCUT2D eigenvalue weighted by atomic mass is 10.2. The van der Waals surface area contributed by atoms with Gasteiger partial charge in [0, 0.05) is 6.07 Å². The third kappa shape index (κ3) is 2.48. The molecule has 0 aliphatic carbocycles. The van der Waals surface area contributed by atoms with Crippen LogP contribution in [0.3, 0.4) is 0 Å². The van der Waals surface area contributed by atoms with Gasteiger partial charge in [0.25, 0.3) is 0 Å². The van der Waals surface area contributed by atoms with Crippen LogP contribution in [0.15, 0.2) is 24.5 Å². The monoisotopic (exact) mass is 305 g/mol. The molecule has 0 unspecified atom stereocenters. The summed E-state index contributed by atoms with van der Waals surface area (Å²) >= 11 is 5.79. The van der Waals surface area contributed by atoms with Crippen molar-refractivity contribution in [3.8, 4) is 11.6 Å². The Hall–Kier alpha value is -2.74. The van der Waals surface area contributed by atoms with Gasteiger partial charge in [-0.1, -0.05) is 6.07 Å². The summed E-state index contributed by atoms with van der Waals surface area (Å²) in [6, 6.07) is 4.55. The molecule has 0 bridgehead atoms. The molecule has 1 N–H and O–H groups in total. The van der Waals surface area contributed by atoms with Gasteiger partial charge in [0.15, 0.2) is 5.65 Å². The van der Waals surface area contributed by atoms with Gasteiger partial charge in [-0.05, 0) is 30.2 Å². The van der Waals surface area contributed by atoms with Crippen LogP contribution < -0.4 is 4.74 Å². The minimum atomic E-state index is -0.526. The normalized spacial score (nSPS) is 10.8. The van der Waals surface area contributed by atoms with E-state index in [9.17, 15) is 10.1 Å². The van der Waals surface area contributed by atoms with Gasteiger partial charge < -0.3 is 9.72 Å². The maximum atomic E-state index is 11.1. The van der Waals surface area contributed by atoms with E-state index in [0.717, 1.165) is 5.56 Å². The Kier molecular flexibility index (Phi) is 3.15. The fourth-order valence-electron chi connectivity index (χ4n) is 1.81. The van der Waals surface area contributed by atoms with E-state index in [-0.39, 0.29) is 22.6 Å². The molecule has 0 saturated carbocycles. The molecule has 2 aromatic heterocycles. The molecular formula is C12H8ClN5O3. The van der Waals surface area contributed by atoms with Crippen LogP contribution in [0.1, 0.15) is 5.56 Å². The highest BCUT2D eigenvalue weighted by Crippen LogP contribution is 2.33. The Balaban J connectivity index is 2.12. The van der Waals surface area contributed by atoms with Crippen molar-refractivity contribution in [2.45, 2.75) is 6.92 Å². The number of nitro groups is 1. The summed E-state index contributed by atoms with van der Waals surface area (Å²) in [5.74, 6) is 0.155. The van der Waals surface area contributed by atoms with E-state index in [2.05, 4.69) is 19.9 Å². The molecule has 0 spiro atoms. The van der Waals surface area contributed by atoms with Crippen LogP contribution in [0.2, 0.25) is 5.28 Å². The number of halogens is 1. The zero-order chi connectivity index (χ0) is 15.0. The molecule has 8 nitrogen and oxygen atoms in total. The van der Waals surface area contributed by atoms with Crippen LogP contribution in [0.5, 0.6) is 11.6 Å². The van der Waals surface area contributed by atoms with Crippen LogP contribution in [-0.4, -0.2) is 24.9 Å². The summed E-state index contributed by atoms with van der Waals surface area (Å²) in [4.78, 5) is 25.1. The lowest BCUT2D eigenvalue weighted by Crippen LogP contribution is -1.97. The van der Waals surface area contributed by atoms with Crippen molar-refractivity contribution in [3.63, 3.8) is 0 Å². The van der Waals surface area contributed by atoms with Gasteiger partial charge in [0.1, 0.15) is 5.52 Å². The van der Waals surface area contributed by atoms with Crippen LogP contribution >= 0.6 is 11.6 Å². The second kappa shape index (κ2) is 4.98. The molecule has 106 valence electrons. The summed E-state index contributed by atoms with van der Waals surface area (Å²) in [5, 5.41) is 11.0. The molecule has 0 atom stereocenters. The van der Waals surface area contributed by atoms with Gasteiger partial charge in [-0.15, -0.1) is 0 Å². The molecule has 0 radical (unpaired) electrons. The molecule has 3 aromatic rings. The maximum absolute atomic E-state index is 11.1. The summed E-state index contributed by atoms with van der Waals surface area (Å²) in [5.41, 5.74) is 1.38. The van der Waals surface area contributed by atoms with Gasteiger partial charge in [-0.2, -0.15) is 9.97 Å². The molecular weight excluding hydrogens is 298 g/mol. The third-order valence-electron chi connectivity index (χ3n) is 2.74. The summed E-state index contributed by atoms with van der Waals surface area (Å²) in [6.45, 7) is 1.80. The van der Waals surface area contributed by atoms with E-state index >= 15 is 0 Å². The minimum Gasteiger partial charge on any atom is -0.430 e. The molecule has 3 rings (SSSR count). The van der Waals surface area contributed by atoms with E-state index in [1.54, 1.807) is 19.1 Å². The Morgan fingerprint density at radius 2 is 2.19 bits per heavy atom. The van der Waals surface area contributed by atoms with Gasteiger partial charge >= 0.3 is 5.69 Å². The molecule has 0 amide bonds. The summed E-state index contributed by atoms with van der Waals surface area (Å²) in [7, 11) is 0. The lowest BCUT2D eigenvalue weighted by molar-refractivity contribution is -0.385. The molecule has 0 fully saturated rings. The van der Waals surface area contributed by atoms with E-state index in [1.165, 1.54) is 12.4 Å². The number of aromatic nitrogens is 4. The van der Waals surface area contributed by atoms with Crippen molar-refractivity contribution >= 4 is 28.5 Å². The van der Waals surface area contributed by atoms with Gasteiger partial charge in [0.05, 0.1) is 11.3 Å². The number of H-pyrrole nitrogens is 1. The first kappa shape index (κ1) is 13.3. The lowest BCUT2D eigenvalue weighted by Gasteiger charge is -2.07. The van der Waals surface area contributed by atoms with Crippen molar-refractivity contribution in [3.05, 3.63) is 45.5 Å². The summed E-state index contributed by atoms with van der Waals surface area (Å²) in [6.07, 6.45) is 1.41. The van der Waals surface area contributed by atoms with Gasteiger partial charge in [-0.25, -0.2) is 4.98 Å². The molecule has 2 heterocycles. The third-order valence-corrected chi connectivity index (χ3v) is 2.91. The number of nitro benzene ring substituents is 1. The van der Waals surface area contributed by atoms with Gasteiger partial charge in [0.2, 0.25) is 16.9 Å². The number of nitrogens with one attached hydrogen (secondary N) is 1. The largest absolute Gasteiger partial charge is 0.430 e. The SMILES string of the molecule is Cc1ccc([N+](=O)[O-])c(Oc2nc(Cl)nc3nc[nH]c23)c1. The highest BCUT2D eigenvalue weighted by molar-refractivity contribution is 6.28. The van der Waals surface area contributed by atoms with Crippen molar-refractivity contribution < 1.29 is 9.66 Å². The molecule has 21 heavy (non-hydrogen) atoms. The highest BCUT2D eigenvalue weighted by atomic mass is 35.5. The highest BCUT2D eigenvalue weighted by Gasteiger charge is 2.19. The number of benzene rings is 1. The molecule has 9 heteroatoms. The standard InChI is InChI=1S/C12H8ClN5O3/c1-6-2-3-7(18(19)20)8(4-6)21-11-9-10(15-5-14-9)16-12(13)17-11/h2-5H,1H3,(H,14,15,16,17). The number of imidazole rings is 1. The zero-order valence-corrected chi connectivity index (χ0v) is 11.5. The number of fused-ring (bicyclic) bond motifs is 1. The number of aryl methyl sites for hydroxylation is 1. The first-order chi connectivity index (χ1) is 10.0. The van der Waals surface area contributed by atoms with Crippen LogP contribution in [0, 0.1) is 17.0 Å². The summed E-state index contributed by atoms with van der Waals surface area (Å²) < 4.78 is 5.56. The quantitative estimate of drug-likeness (QED) is 0.453. The van der Waals surface area contributed by atoms with Crippen molar-refractivity contribution in [1.82, 2.24) is 19.9 Å². The first-order valence-corrected chi connectivity index (χ1v) is 6.22. The van der Waals surface area contributed by atoms with Crippen LogP contribution in [-0.2, 0) is 0 Å². The fraction of sp³-hybridized carbons (Fsp3) is 0.0833. The topological polar surface area (TPSA) is 107 Å². The fourth-order valence-corrected chi connectivity index (χ4v) is 1.97. The Bertz CT molecular complexity index is 848. The van der Waals surface area contributed by atoms with E-state index in [0.29, 0.717) is 11.2 Å². The van der Waals surface area contributed by atoms with Crippen LogP contribution in [0.4, 0.5) is 5.69 Å². The van der Waals surface area contributed by atoms with Crippen molar-refractivity contribution in [1.29, 1.82) is 0 Å². The zero-order valence-electron chi connectivity index (χ0n) is 10.7. The van der Waals surface area contributed by atoms with E-state index in [1.807, 2.05) is 0 Å². The average molecular weight is 306 g/mol. The number of rotatable bonds is 3. The number of aromatic amines is 1. The van der Waals surface area contributed by atoms with Crippen molar-refractivity contribution in [2.24, 2.45) is 0 Å². The predicted octanol–water partition coefficient (Wildman–Crippen LogP) is 3.02. The second-order valence-electron chi connectivity index (χ2n) is 4.23. The van der Waals surface area contributed by atoms with Gasteiger partial charge in [-0.3, -0.25) is 10.1 Å².